The van der Waals surface area contributed by atoms with E-state index in [1.165, 1.54) is 7.11 Å². The lowest BCUT2D eigenvalue weighted by Crippen LogP contribution is -2.57. The number of carbonyl (C=O) groups excluding carboxylic acids is 1. The first-order chi connectivity index (χ1) is 16.4. The standard InChI is InChI=1S/C23H25Cl2N3O5S/c1-13(22(29)30-2)32-18-12-34(15-8-9-16(24)17(25)10-15)19-11-31-23(14-6-4-3-5-7-14)33-21(19)20(18)27-28-26/h3-10,13,18-21,23,34H,11-12H2,1-2H3/t13?,18-,19+,20-,21-,23?/m0/s1. The molecule has 0 N–H and O–H groups in total. The van der Waals surface area contributed by atoms with Crippen molar-refractivity contribution in [3.05, 3.63) is 74.6 Å². The van der Waals surface area contributed by atoms with Crippen molar-refractivity contribution in [3.63, 3.8) is 0 Å². The molecule has 0 radical (unpaired) electrons. The predicted octanol–water partition coefficient (Wildman–Crippen LogP) is 5.48. The van der Waals surface area contributed by atoms with Gasteiger partial charge >= 0.3 is 5.97 Å². The van der Waals surface area contributed by atoms with Crippen molar-refractivity contribution in [2.45, 2.75) is 47.7 Å². The van der Waals surface area contributed by atoms with Gasteiger partial charge in [-0.2, -0.15) is 0 Å². The van der Waals surface area contributed by atoms with Crippen molar-refractivity contribution in [2.75, 3.05) is 19.5 Å². The maximum Gasteiger partial charge on any atom is 0.334 e. The van der Waals surface area contributed by atoms with Gasteiger partial charge in [0.2, 0.25) is 0 Å². The summed E-state index contributed by atoms with van der Waals surface area (Å²) in [6.45, 7) is 2.02. The maximum atomic E-state index is 12.1. The molecule has 0 saturated carbocycles. The first kappa shape index (κ1) is 25.1. The second kappa shape index (κ2) is 11.2. The van der Waals surface area contributed by atoms with Crippen LogP contribution in [-0.4, -0.2) is 55.0 Å². The fourth-order valence-corrected chi connectivity index (χ4v) is 7.69. The van der Waals surface area contributed by atoms with Gasteiger partial charge in [0.15, 0.2) is 12.4 Å². The molecule has 2 aliphatic rings. The lowest BCUT2D eigenvalue weighted by Gasteiger charge is -2.51. The van der Waals surface area contributed by atoms with Crippen LogP contribution in [0.15, 0.2) is 58.5 Å². The molecule has 2 saturated heterocycles. The summed E-state index contributed by atoms with van der Waals surface area (Å²) in [6.07, 6.45) is -2.50. The Morgan fingerprint density at radius 1 is 1.24 bits per heavy atom. The molecule has 0 bridgehead atoms. The molecule has 2 heterocycles. The van der Waals surface area contributed by atoms with E-state index in [4.69, 9.17) is 42.1 Å². The minimum absolute atomic E-state index is 0.0732. The number of hydrogen-bond acceptors (Lipinski definition) is 6. The zero-order valence-corrected chi connectivity index (χ0v) is 21.0. The number of azide groups is 1. The zero-order valence-electron chi connectivity index (χ0n) is 18.6. The highest BCUT2D eigenvalue weighted by molar-refractivity contribution is 8.17. The van der Waals surface area contributed by atoms with Crippen LogP contribution in [0.3, 0.4) is 0 Å². The topological polar surface area (TPSA) is 103 Å². The van der Waals surface area contributed by atoms with Crippen LogP contribution in [0.4, 0.5) is 0 Å². The summed E-state index contributed by atoms with van der Waals surface area (Å²) in [4.78, 5) is 16.1. The molecule has 0 spiro atoms. The summed E-state index contributed by atoms with van der Waals surface area (Å²) in [7, 11) is 0.379. The van der Waals surface area contributed by atoms with E-state index in [-0.39, 0.29) is 5.25 Å². The van der Waals surface area contributed by atoms with Crippen molar-refractivity contribution in [2.24, 2.45) is 5.11 Å². The van der Waals surface area contributed by atoms with Crippen molar-refractivity contribution in [3.8, 4) is 0 Å². The molecule has 2 aromatic carbocycles. The van der Waals surface area contributed by atoms with E-state index in [0.29, 0.717) is 22.4 Å². The highest BCUT2D eigenvalue weighted by Crippen LogP contribution is 2.53. The van der Waals surface area contributed by atoms with Crippen molar-refractivity contribution in [1.82, 2.24) is 0 Å². The fourth-order valence-electron chi connectivity index (χ4n) is 4.33. The number of methoxy groups -OCH3 is 1. The highest BCUT2D eigenvalue weighted by atomic mass is 35.5. The number of fused-ring (bicyclic) bond motifs is 1. The van der Waals surface area contributed by atoms with Gasteiger partial charge in [0.25, 0.3) is 0 Å². The molecule has 8 nitrogen and oxygen atoms in total. The molecule has 34 heavy (non-hydrogen) atoms. The van der Waals surface area contributed by atoms with Gasteiger partial charge in [0.1, 0.15) is 0 Å². The zero-order chi connectivity index (χ0) is 24.2. The van der Waals surface area contributed by atoms with E-state index >= 15 is 0 Å². The molecule has 3 unspecified atom stereocenters. The second-order valence-corrected chi connectivity index (χ2v) is 11.3. The van der Waals surface area contributed by atoms with Gasteiger partial charge in [-0.25, -0.2) is 15.7 Å². The van der Waals surface area contributed by atoms with E-state index in [1.54, 1.807) is 13.0 Å². The number of nitrogens with zero attached hydrogens (tertiary/aromatic N) is 3. The van der Waals surface area contributed by atoms with Gasteiger partial charge < -0.3 is 18.9 Å². The number of halogens is 2. The largest absolute Gasteiger partial charge is 0.467 e. The summed E-state index contributed by atoms with van der Waals surface area (Å²) in [6, 6.07) is 14.5. The van der Waals surface area contributed by atoms with Crippen LogP contribution < -0.4 is 0 Å². The number of rotatable bonds is 6. The Morgan fingerprint density at radius 3 is 2.68 bits per heavy atom. The molecule has 11 heteroatoms. The van der Waals surface area contributed by atoms with Gasteiger partial charge in [0.05, 0.1) is 42.0 Å². The highest BCUT2D eigenvalue weighted by Gasteiger charge is 2.49. The SMILES string of the molecule is COC(=O)C(C)O[C@H]1C[SH](c2ccc(Cl)c(Cl)c2)[C@@H]2COC(c3ccccc3)O[C@@H]2[C@H]1N=[N+]=[N-]. The minimum atomic E-state index is -0.925. The van der Waals surface area contributed by atoms with Crippen LogP contribution >= 0.6 is 34.1 Å². The molecule has 2 aromatic rings. The quantitative estimate of drug-likeness (QED) is 0.177. The van der Waals surface area contributed by atoms with Gasteiger partial charge in [-0.3, -0.25) is 0 Å². The summed E-state index contributed by atoms with van der Waals surface area (Å²) in [5, 5.41) is 4.91. The van der Waals surface area contributed by atoms with E-state index in [2.05, 4.69) is 10.0 Å². The molecule has 0 aromatic heterocycles. The summed E-state index contributed by atoms with van der Waals surface area (Å²) < 4.78 is 23.5. The minimum Gasteiger partial charge on any atom is -0.467 e. The molecule has 2 aliphatic heterocycles. The van der Waals surface area contributed by atoms with Crippen LogP contribution in [-0.2, 0) is 23.7 Å². The lowest BCUT2D eigenvalue weighted by molar-refractivity contribution is -0.227. The van der Waals surface area contributed by atoms with E-state index in [0.717, 1.165) is 10.5 Å². The maximum absolute atomic E-state index is 12.1. The summed E-state index contributed by atoms with van der Waals surface area (Å²) >= 11 is 12.5. The summed E-state index contributed by atoms with van der Waals surface area (Å²) in [5.74, 6) is 0.0260. The molecular formula is C23H25Cl2N3O5S. The normalized spacial score (nSPS) is 30.5. The third-order valence-corrected chi connectivity index (χ3v) is 9.65. The Kier molecular flexibility index (Phi) is 8.26. The smallest absolute Gasteiger partial charge is 0.334 e. The fraction of sp³-hybridized carbons (Fsp3) is 0.435. The number of thiol groups is 1. The Hall–Kier alpha value is -1.97. The van der Waals surface area contributed by atoms with Crippen molar-refractivity contribution >= 4 is 40.1 Å². The van der Waals surface area contributed by atoms with Crippen LogP contribution in [0.5, 0.6) is 0 Å². The van der Waals surface area contributed by atoms with Crippen LogP contribution in [0.2, 0.25) is 10.0 Å². The van der Waals surface area contributed by atoms with Crippen molar-refractivity contribution in [1.29, 1.82) is 0 Å². The van der Waals surface area contributed by atoms with Crippen LogP contribution in [0, 0.1) is 0 Å². The predicted molar refractivity (Wildman–Crippen MR) is 132 cm³/mol. The Bertz CT molecular complexity index is 1070. The molecule has 4 rings (SSSR count). The molecule has 182 valence electrons. The lowest BCUT2D eigenvalue weighted by atomic mass is 10.0. The average Bonchev–Trinajstić information content (AvgIpc) is 2.86. The second-order valence-electron chi connectivity index (χ2n) is 8.03. The molecule has 2 fully saturated rings. The molecule has 0 amide bonds. The number of esters is 1. The first-order valence-corrected chi connectivity index (χ1v) is 13.1. The van der Waals surface area contributed by atoms with E-state index in [1.807, 2.05) is 42.5 Å². The Labute approximate surface area is 210 Å². The van der Waals surface area contributed by atoms with Gasteiger partial charge in [-0.05, 0) is 35.5 Å². The van der Waals surface area contributed by atoms with Crippen molar-refractivity contribution < 1.29 is 23.7 Å². The van der Waals surface area contributed by atoms with E-state index in [9.17, 15) is 10.3 Å². The summed E-state index contributed by atoms with van der Waals surface area (Å²) in [5.41, 5.74) is 10.2. The molecule has 7 atom stereocenters. The average molecular weight is 526 g/mol. The third kappa shape index (κ3) is 5.31. The Balaban J connectivity index is 1.70. The van der Waals surface area contributed by atoms with Crippen LogP contribution in [0.25, 0.3) is 10.4 Å². The van der Waals surface area contributed by atoms with E-state index < -0.39 is 47.5 Å². The number of ether oxygens (including phenoxy) is 4. The van der Waals surface area contributed by atoms with Gasteiger partial charge in [-0.1, -0.05) is 58.6 Å². The number of hydrogen-bond donors (Lipinski definition) is 1. The van der Waals surface area contributed by atoms with Gasteiger partial charge in [-0.15, -0.1) is 0 Å². The Morgan fingerprint density at radius 2 is 2.00 bits per heavy atom. The van der Waals surface area contributed by atoms with Crippen LogP contribution in [0.1, 0.15) is 18.8 Å². The first-order valence-electron chi connectivity index (χ1n) is 10.7. The monoisotopic (exact) mass is 525 g/mol. The molecular weight excluding hydrogens is 501 g/mol. The third-order valence-electron chi connectivity index (χ3n) is 5.98. The number of carbonyl (C=O) groups is 1. The van der Waals surface area contributed by atoms with Gasteiger partial charge in [0, 0.05) is 21.5 Å². The molecule has 0 aliphatic carbocycles. The number of benzene rings is 2.